The van der Waals surface area contributed by atoms with E-state index in [1.165, 1.54) is 10.8 Å². The molecule has 0 saturated heterocycles. The van der Waals surface area contributed by atoms with Crippen LogP contribution in [-0.4, -0.2) is 29.4 Å². The van der Waals surface area contributed by atoms with Crippen molar-refractivity contribution in [1.29, 1.82) is 0 Å². The highest BCUT2D eigenvalue weighted by Gasteiger charge is 2.09. The number of aryl methyl sites for hydroxylation is 1. The minimum absolute atomic E-state index is 0.126. The highest BCUT2D eigenvalue weighted by Crippen LogP contribution is 2.07. The van der Waals surface area contributed by atoms with E-state index < -0.39 is 0 Å². The molecule has 3 aromatic heterocycles. The number of unbranched alkanes of at least 4 members (excludes halogenated alkanes) is 2. The fourth-order valence-electron chi connectivity index (χ4n) is 2.09. The van der Waals surface area contributed by atoms with Crippen molar-refractivity contribution >= 4 is 16.8 Å². The zero-order valence-corrected chi connectivity index (χ0v) is 10.7. The quantitative estimate of drug-likeness (QED) is 0.653. The topological polar surface area (TPSA) is 78.0 Å². The molecule has 0 atom stereocenters. The van der Waals surface area contributed by atoms with Gasteiger partial charge in [-0.2, -0.15) is 14.6 Å². The monoisotopic (exact) mass is 258 g/mol. The molecule has 0 radical (unpaired) electrons. The van der Waals surface area contributed by atoms with Crippen molar-refractivity contribution < 1.29 is 0 Å². The Balaban J connectivity index is 2.11. The van der Waals surface area contributed by atoms with Crippen LogP contribution in [0.15, 0.2) is 23.4 Å². The Hall–Kier alpha value is -2.31. The summed E-state index contributed by atoms with van der Waals surface area (Å²) in [6, 6.07) is 1.83. The van der Waals surface area contributed by atoms with Crippen molar-refractivity contribution in [1.82, 2.24) is 29.4 Å². The second-order valence-electron chi connectivity index (χ2n) is 4.43. The number of pyridine rings is 1. The first-order valence-corrected chi connectivity index (χ1v) is 6.37. The molecule has 98 valence electrons. The Morgan fingerprint density at radius 2 is 2.16 bits per heavy atom. The summed E-state index contributed by atoms with van der Waals surface area (Å²) in [4.78, 5) is 16.2. The standard InChI is InChI=1S/C12H14N6O/c1-2-3-4-6-17-7-5-9-10(11(17)19)15-16-12-13-8-14-18(9)12/h5,7-8H,2-4,6H2,1H3. The molecule has 0 unspecified atom stereocenters. The Morgan fingerprint density at radius 1 is 1.26 bits per heavy atom. The van der Waals surface area contributed by atoms with Gasteiger partial charge in [-0.25, -0.2) is 0 Å². The van der Waals surface area contributed by atoms with E-state index >= 15 is 0 Å². The van der Waals surface area contributed by atoms with Crippen molar-refractivity contribution in [3.05, 3.63) is 28.9 Å². The molecule has 0 saturated carbocycles. The summed E-state index contributed by atoms with van der Waals surface area (Å²) in [6.45, 7) is 2.84. The molecular formula is C12H14N6O. The smallest absolute Gasteiger partial charge is 0.280 e. The van der Waals surface area contributed by atoms with Gasteiger partial charge in [-0.1, -0.05) is 19.8 Å². The molecule has 3 heterocycles. The number of hydrogen-bond donors (Lipinski definition) is 0. The zero-order valence-electron chi connectivity index (χ0n) is 10.7. The third-order valence-corrected chi connectivity index (χ3v) is 3.12. The van der Waals surface area contributed by atoms with Crippen LogP contribution in [0.2, 0.25) is 0 Å². The van der Waals surface area contributed by atoms with E-state index in [-0.39, 0.29) is 5.56 Å². The number of aromatic nitrogens is 6. The van der Waals surface area contributed by atoms with Crippen molar-refractivity contribution in [3.63, 3.8) is 0 Å². The Bertz CT molecular complexity index is 775. The maximum Gasteiger partial charge on any atom is 0.280 e. The van der Waals surface area contributed by atoms with Crippen LogP contribution in [0.4, 0.5) is 0 Å². The van der Waals surface area contributed by atoms with E-state index in [2.05, 4.69) is 27.2 Å². The summed E-state index contributed by atoms with van der Waals surface area (Å²) in [7, 11) is 0. The van der Waals surface area contributed by atoms with Crippen LogP contribution in [0.1, 0.15) is 26.2 Å². The van der Waals surface area contributed by atoms with Crippen LogP contribution in [0.5, 0.6) is 0 Å². The Labute approximate surface area is 108 Å². The first-order chi connectivity index (χ1) is 9.31. The number of rotatable bonds is 4. The van der Waals surface area contributed by atoms with Gasteiger partial charge in [-0.15, -0.1) is 10.2 Å². The average molecular weight is 258 g/mol. The molecule has 7 nitrogen and oxygen atoms in total. The van der Waals surface area contributed by atoms with E-state index in [0.717, 1.165) is 19.3 Å². The lowest BCUT2D eigenvalue weighted by molar-refractivity contribution is 0.589. The van der Waals surface area contributed by atoms with Crippen molar-refractivity contribution in [2.45, 2.75) is 32.7 Å². The van der Waals surface area contributed by atoms with Gasteiger partial charge in [0.25, 0.3) is 11.3 Å². The molecular weight excluding hydrogens is 244 g/mol. The van der Waals surface area contributed by atoms with E-state index in [4.69, 9.17) is 0 Å². The molecule has 0 aromatic carbocycles. The van der Waals surface area contributed by atoms with Gasteiger partial charge in [-0.3, -0.25) is 4.79 Å². The second kappa shape index (κ2) is 4.75. The largest absolute Gasteiger partial charge is 0.313 e. The number of fused-ring (bicyclic) bond motifs is 3. The maximum absolute atomic E-state index is 12.3. The molecule has 0 bridgehead atoms. The van der Waals surface area contributed by atoms with Crippen LogP contribution in [0, 0.1) is 0 Å². The molecule has 0 aliphatic carbocycles. The lowest BCUT2D eigenvalue weighted by Crippen LogP contribution is -2.21. The highest BCUT2D eigenvalue weighted by molar-refractivity contribution is 5.74. The maximum atomic E-state index is 12.3. The molecule has 0 N–H and O–H groups in total. The van der Waals surface area contributed by atoms with Crippen molar-refractivity contribution in [2.75, 3.05) is 0 Å². The van der Waals surface area contributed by atoms with Gasteiger partial charge in [0.1, 0.15) is 11.8 Å². The predicted molar refractivity (Wildman–Crippen MR) is 69.9 cm³/mol. The normalized spacial score (nSPS) is 11.4. The summed E-state index contributed by atoms with van der Waals surface area (Å²) in [5.41, 5.74) is 0.842. The Morgan fingerprint density at radius 3 is 3.00 bits per heavy atom. The van der Waals surface area contributed by atoms with Gasteiger partial charge in [0.2, 0.25) is 0 Å². The lowest BCUT2D eigenvalue weighted by atomic mass is 10.2. The molecule has 0 aliphatic heterocycles. The zero-order chi connectivity index (χ0) is 13.2. The molecule has 7 heteroatoms. The number of hydrogen-bond acceptors (Lipinski definition) is 5. The minimum Gasteiger partial charge on any atom is -0.313 e. The predicted octanol–water partition coefficient (Wildman–Crippen LogP) is 1.02. The minimum atomic E-state index is -0.126. The lowest BCUT2D eigenvalue weighted by Gasteiger charge is -2.06. The van der Waals surface area contributed by atoms with Gasteiger partial charge in [-0.05, 0) is 12.5 Å². The highest BCUT2D eigenvalue weighted by atomic mass is 16.1. The summed E-state index contributed by atoms with van der Waals surface area (Å²) >= 11 is 0. The van der Waals surface area contributed by atoms with Gasteiger partial charge < -0.3 is 4.57 Å². The Kier molecular flexibility index (Phi) is 2.94. The summed E-state index contributed by atoms with van der Waals surface area (Å²) in [5.74, 6) is 0.399. The molecule has 0 aliphatic rings. The van der Waals surface area contributed by atoms with Crippen molar-refractivity contribution in [3.8, 4) is 0 Å². The summed E-state index contributed by atoms with van der Waals surface area (Å²) in [5, 5.41) is 11.9. The first-order valence-electron chi connectivity index (χ1n) is 6.37. The van der Waals surface area contributed by atoms with Crippen molar-refractivity contribution in [2.24, 2.45) is 0 Å². The van der Waals surface area contributed by atoms with Gasteiger partial charge >= 0.3 is 0 Å². The molecule has 0 spiro atoms. The van der Waals surface area contributed by atoms with Crippen LogP contribution in [0.3, 0.4) is 0 Å². The van der Waals surface area contributed by atoms with Crippen LogP contribution in [0.25, 0.3) is 16.8 Å². The summed E-state index contributed by atoms with van der Waals surface area (Å²) in [6.07, 6.45) is 6.40. The van der Waals surface area contributed by atoms with E-state index in [1.807, 2.05) is 6.07 Å². The first kappa shape index (κ1) is 11.8. The molecule has 3 aromatic rings. The molecule has 0 amide bonds. The second-order valence-corrected chi connectivity index (χ2v) is 4.43. The fourth-order valence-corrected chi connectivity index (χ4v) is 2.09. The van der Waals surface area contributed by atoms with Gasteiger partial charge in [0.15, 0.2) is 5.52 Å². The third-order valence-electron chi connectivity index (χ3n) is 3.12. The third kappa shape index (κ3) is 1.96. The van der Waals surface area contributed by atoms with Crippen LogP contribution < -0.4 is 5.56 Å². The van der Waals surface area contributed by atoms with E-state index in [9.17, 15) is 4.79 Å². The van der Waals surface area contributed by atoms with E-state index in [0.29, 0.717) is 23.4 Å². The number of nitrogens with zero attached hydrogens (tertiary/aromatic N) is 6. The summed E-state index contributed by atoms with van der Waals surface area (Å²) < 4.78 is 3.20. The SMILES string of the molecule is CCCCCn1ccc2c(nnc3ncnn32)c1=O. The molecule has 0 fully saturated rings. The molecule has 3 rings (SSSR count). The fraction of sp³-hybridized carbons (Fsp3) is 0.417. The van der Waals surface area contributed by atoms with Crippen LogP contribution >= 0.6 is 0 Å². The van der Waals surface area contributed by atoms with Gasteiger partial charge in [0, 0.05) is 12.7 Å². The average Bonchev–Trinajstić information content (AvgIpc) is 2.90. The van der Waals surface area contributed by atoms with E-state index in [1.54, 1.807) is 10.8 Å². The molecule has 19 heavy (non-hydrogen) atoms. The van der Waals surface area contributed by atoms with Crippen LogP contribution in [-0.2, 0) is 6.54 Å². The van der Waals surface area contributed by atoms with Gasteiger partial charge in [0.05, 0.1) is 0 Å².